The van der Waals surface area contributed by atoms with Crippen LogP contribution in [0.15, 0.2) is 83.3 Å². The zero-order chi connectivity index (χ0) is 18.8. The fourth-order valence-electron chi connectivity index (χ4n) is 3.90. The molecule has 4 rings (SSSR count). The average Bonchev–Trinajstić information content (AvgIpc) is 2.69. The Morgan fingerprint density at radius 2 is 1.59 bits per heavy atom. The SMILES string of the molecule is Bc1ccccc1C1=CC(=O)CC(c2cc(-c3ccccc3)ccc2Br)C1. The molecule has 0 fully saturated rings. The van der Waals surface area contributed by atoms with Crippen molar-refractivity contribution in [2.24, 2.45) is 0 Å². The Labute approximate surface area is 169 Å². The van der Waals surface area contributed by atoms with Crippen LogP contribution in [0.2, 0.25) is 0 Å². The first-order chi connectivity index (χ1) is 13.1. The molecule has 1 unspecified atom stereocenters. The summed E-state index contributed by atoms with van der Waals surface area (Å²) in [5.41, 5.74) is 7.15. The van der Waals surface area contributed by atoms with Gasteiger partial charge in [0.2, 0.25) is 0 Å². The van der Waals surface area contributed by atoms with E-state index in [1.165, 1.54) is 27.7 Å². The van der Waals surface area contributed by atoms with Gasteiger partial charge in [-0.15, -0.1) is 0 Å². The van der Waals surface area contributed by atoms with E-state index < -0.39 is 0 Å². The lowest BCUT2D eigenvalue weighted by Crippen LogP contribution is -2.17. The van der Waals surface area contributed by atoms with Crippen LogP contribution in [0.1, 0.15) is 29.9 Å². The summed E-state index contributed by atoms with van der Waals surface area (Å²) < 4.78 is 1.08. The van der Waals surface area contributed by atoms with Gasteiger partial charge in [0.1, 0.15) is 7.85 Å². The third-order valence-electron chi connectivity index (χ3n) is 5.28. The largest absolute Gasteiger partial charge is 0.295 e. The van der Waals surface area contributed by atoms with Crippen LogP contribution in [0.5, 0.6) is 0 Å². The minimum Gasteiger partial charge on any atom is -0.295 e. The highest BCUT2D eigenvalue weighted by Crippen LogP contribution is 2.40. The van der Waals surface area contributed by atoms with Gasteiger partial charge in [-0.1, -0.05) is 82.1 Å². The molecule has 0 radical (unpaired) electrons. The standard InChI is InChI=1S/C24H20BBrO/c25-23-9-5-4-8-21(23)18-12-19(14-20(27)13-18)22-15-17(10-11-24(22)26)16-6-2-1-3-7-16/h1-11,13,15,19H,12,14,25H2. The lowest BCUT2D eigenvalue weighted by atomic mass is 9.77. The number of carbonyl (C=O) groups is 1. The van der Waals surface area contributed by atoms with Gasteiger partial charge < -0.3 is 0 Å². The van der Waals surface area contributed by atoms with E-state index in [4.69, 9.17) is 0 Å². The summed E-state index contributed by atoms with van der Waals surface area (Å²) in [4.78, 5) is 12.5. The van der Waals surface area contributed by atoms with Crippen LogP contribution < -0.4 is 5.46 Å². The predicted octanol–water partition coefficient (Wildman–Crippen LogP) is 4.90. The van der Waals surface area contributed by atoms with Gasteiger partial charge in [0.25, 0.3) is 0 Å². The molecule has 0 aromatic heterocycles. The predicted molar refractivity (Wildman–Crippen MR) is 119 cm³/mol. The summed E-state index contributed by atoms with van der Waals surface area (Å²) in [6.07, 6.45) is 3.29. The highest BCUT2D eigenvalue weighted by atomic mass is 79.9. The molecule has 0 spiro atoms. The van der Waals surface area contributed by atoms with Gasteiger partial charge in [-0.05, 0) is 58.4 Å². The Balaban J connectivity index is 1.71. The second-order valence-corrected chi connectivity index (χ2v) is 8.01. The van der Waals surface area contributed by atoms with E-state index in [9.17, 15) is 4.79 Å². The molecule has 3 heteroatoms. The van der Waals surface area contributed by atoms with Crippen molar-refractivity contribution in [3.63, 3.8) is 0 Å². The molecular formula is C24H20BBrO. The molecular weight excluding hydrogens is 395 g/mol. The zero-order valence-corrected chi connectivity index (χ0v) is 16.9. The second-order valence-electron chi connectivity index (χ2n) is 7.16. The maximum Gasteiger partial charge on any atom is 0.156 e. The molecule has 1 atom stereocenters. The number of carbonyl (C=O) groups excluding carboxylic acids is 1. The Kier molecular flexibility index (Phi) is 5.13. The van der Waals surface area contributed by atoms with Crippen LogP contribution in [0, 0.1) is 0 Å². The third-order valence-corrected chi connectivity index (χ3v) is 6.01. The molecule has 0 N–H and O–H groups in total. The lowest BCUT2D eigenvalue weighted by molar-refractivity contribution is -0.115. The fourth-order valence-corrected chi connectivity index (χ4v) is 4.47. The summed E-state index contributed by atoms with van der Waals surface area (Å²) in [5.74, 6) is 0.400. The molecule has 0 aliphatic heterocycles. The van der Waals surface area contributed by atoms with Gasteiger partial charge in [0.15, 0.2) is 5.78 Å². The Morgan fingerprint density at radius 3 is 2.37 bits per heavy atom. The molecule has 1 nitrogen and oxygen atoms in total. The van der Waals surface area contributed by atoms with Gasteiger partial charge in [-0.2, -0.15) is 0 Å². The van der Waals surface area contributed by atoms with E-state index in [-0.39, 0.29) is 11.7 Å². The number of hydrogen-bond acceptors (Lipinski definition) is 1. The first kappa shape index (κ1) is 18.0. The van der Waals surface area contributed by atoms with Crippen LogP contribution in [0.25, 0.3) is 16.7 Å². The molecule has 0 amide bonds. The minimum absolute atomic E-state index is 0.190. The van der Waals surface area contributed by atoms with Crippen molar-refractivity contribution >= 4 is 40.6 Å². The van der Waals surface area contributed by atoms with E-state index in [0.29, 0.717) is 6.42 Å². The molecule has 0 heterocycles. The van der Waals surface area contributed by atoms with E-state index in [1.807, 2.05) is 24.3 Å². The van der Waals surface area contributed by atoms with Gasteiger partial charge in [-0.25, -0.2) is 0 Å². The summed E-state index contributed by atoms with van der Waals surface area (Å²) in [7, 11) is 2.11. The van der Waals surface area contributed by atoms with Crippen LogP contribution in [-0.2, 0) is 4.79 Å². The molecule has 1 aliphatic rings. The fraction of sp³-hybridized carbons (Fsp3) is 0.125. The topological polar surface area (TPSA) is 17.1 Å². The zero-order valence-electron chi connectivity index (χ0n) is 15.3. The Bertz CT molecular complexity index is 1020. The van der Waals surface area contributed by atoms with Crippen molar-refractivity contribution < 1.29 is 4.79 Å². The molecule has 0 saturated heterocycles. The summed E-state index contributed by atoms with van der Waals surface area (Å²) >= 11 is 3.72. The molecule has 1 aliphatic carbocycles. The molecule has 0 bridgehead atoms. The smallest absolute Gasteiger partial charge is 0.156 e. The lowest BCUT2D eigenvalue weighted by Gasteiger charge is -2.25. The van der Waals surface area contributed by atoms with Gasteiger partial charge in [0.05, 0.1) is 0 Å². The number of halogens is 1. The van der Waals surface area contributed by atoms with Crippen LogP contribution >= 0.6 is 15.9 Å². The third kappa shape index (κ3) is 3.84. The molecule has 132 valence electrons. The van der Waals surface area contributed by atoms with Crippen LogP contribution in [0.3, 0.4) is 0 Å². The van der Waals surface area contributed by atoms with Crippen molar-refractivity contribution in [3.8, 4) is 11.1 Å². The first-order valence-corrected chi connectivity index (χ1v) is 10.1. The number of allylic oxidation sites excluding steroid dienone is 2. The summed E-state index contributed by atoms with van der Waals surface area (Å²) in [5, 5.41) is 0. The Morgan fingerprint density at radius 1 is 0.852 bits per heavy atom. The monoisotopic (exact) mass is 414 g/mol. The average molecular weight is 415 g/mol. The number of ketones is 1. The number of rotatable bonds is 3. The molecule has 3 aromatic rings. The van der Waals surface area contributed by atoms with Crippen molar-refractivity contribution in [3.05, 3.63) is 94.5 Å². The maximum absolute atomic E-state index is 12.5. The summed E-state index contributed by atoms with van der Waals surface area (Å²) in [6.45, 7) is 0. The summed E-state index contributed by atoms with van der Waals surface area (Å²) in [6, 6.07) is 25.2. The molecule has 27 heavy (non-hydrogen) atoms. The van der Waals surface area contributed by atoms with E-state index in [0.717, 1.165) is 16.5 Å². The second kappa shape index (κ2) is 7.70. The maximum atomic E-state index is 12.5. The van der Waals surface area contributed by atoms with E-state index in [2.05, 4.69) is 78.4 Å². The normalized spacial score (nSPS) is 16.9. The van der Waals surface area contributed by atoms with Crippen molar-refractivity contribution in [1.29, 1.82) is 0 Å². The van der Waals surface area contributed by atoms with Gasteiger partial charge in [-0.3, -0.25) is 4.79 Å². The van der Waals surface area contributed by atoms with Gasteiger partial charge >= 0.3 is 0 Å². The number of benzene rings is 3. The number of hydrogen-bond donors (Lipinski definition) is 0. The minimum atomic E-state index is 0.190. The molecule has 3 aromatic carbocycles. The van der Waals surface area contributed by atoms with Crippen molar-refractivity contribution in [2.75, 3.05) is 0 Å². The Hall–Kier alpha value is -2.39. The highest BCUT2D eigenvalue weighted by Gasteiger charge is 2.25. The van der Waals surface area contributed by atoms with Crippen LogP contribution in [-0.4, -0.2) is 13.6 Å². The van der Waals surface area contributed by atoms with E-state index >= 15 is 0 Å². The van der Waals surface area contributed by atoms with E-state index in [1.54, 1.807) is 0 Å². The highest BCUT2D eigenvalue weighted by molar-refractivity contribution is 9.10. The van der Waals surface area contributed by atoms with Crippen LogP contribution in [0.4, 0.5) is 0 Å². The van der Waals surface area contributed by atoms with Crippen molar-refractivity contribution in [1.82, 2.24) is 0 Å². The van der Waals surface area contributed by atoms with Gasteiger partial charge in [0, 0.05) is 10.9 Å². The molecule has 0 saturated carbocycles. The van der Waals surface area contributed by atoms with Crippen molar-refractivity contribution in [2.45, 2.75) is 18.8 Å². The first-order valence-electron chi connectivity index (χ1n) is 9.26. The quantitative estimate of drug-likeness (QED) is 0.556.